The smallest absolute Gasteiger partial charge is 0.222 e. The summed E-state index contributed by atoms with van der Waals surface area (Å²) in [6, 6.07) is 0. The molecule has 1 heterocycles. The van der Waals surface area contributed by atoms with Crippen molar-refractivity contribution in [1.29, 1.82) is 0 Å². The van der Waals surface area contributed by atoms with Crippen LogP contribution in [0.4, 0.5) is 0 Å². The minimum atomic E-state index is 0.257. The summed E-state index contributed by atoms with van der Waals surface area (Å²) in [5.41, 5.74) is 0. The van der Waals surface area contributed by atoms with Crippen LogP contribution in [0.3, 0.4) is 0 Å². The van der Waals surface area contributed by atoms with Gasteiger partial charge in [-0.15, -0.1) is 0 Å². The van der Waals surface area contributed by atoms with Crippen LogP contribution in [0.25, 0.3) is 0 Å². The van der Waals surface area contributed by atoms with Crippen LogP contribution in [0.2, 0.25) is 0 Å². The van der Waals surface area contributed by atoms with Gasteiger partial charge >= 0.3 is 0 Å². The Kier molecular flexibility index (Phi) is 6.54. The number of aliphatic hydroxyl groups is 1. The van der Waals surface area contributed by atoms with E-state index in [4.69, 9.17) is 5.11 Å². The van der Waals surface area contributed by atoms with E-state index in [9.17, 15) is 4.79 Å². The van der Waals surface area contributed by atoms with Gasteiger partial charge < -0.3 is 14.9 Å². The SMILES string of the molecule is CN(C)CCO.CN1CCCC1=O. The van der Waals surface area contributed by atoms with Crippen molar-refractivity contribution in [3.8, 4) is 0 Å². The van der Waals surface area contributed by atoms with E-state index in [1.807, 2.05) is 26.0 Å². The number of rotatable bonds is 2. The average molecular weight is 188 g/mol. The maximum absolute atomic E-state index is 10.5. The highest BCUT2D eigenvalue weighted by atomic mass is 16.3. The van der Waals surface area contributed by atoms with Crippen molar-refractivity contribution in [2.45, 2.75) is 12.8 Å². The number of hydrogen-bond acceptors (Lipinski definition) is 3. The first-order valence-electron chi connectivity index (χ1n) is 4.57. The van der Waals surface area contributed by atoms with Gasteiger partial charge in [0.1, 0.15) is 0 Å². The van der Waals surface area contributed by atoms with E-state index in [0.717, 1.165) is 25.9 Å². The molecule has 1 saturated heterocycles. The highest BCUT2D eigenvalue weighted by Crippen LogP contribution is 2.04. The van der Waals surface area contributed by atoms with Gasteiger partial charge in [-0.3, -0.25) is 4.79 Å². The topological polar surface area (TPSA) is 43.8 Å². The molecule has 0 bridgehead atoms. The van der Waals surface area contributed by atoms with Gasteiger partial charge in [-0.05, 0) is 20.5 Å². The standard InChI is InChI=1S/C5H9NO.C4H11NO/c1-6-4-2-3-5(6)7;1-5(2)3-4-6/h2-4H2,1H3;6H,3-4H2,1-2H3. The lowest BCUT2D eigenvalue weighted by Gasteiger charge is -2.03. The molecule has 0 aromatic rings. The number of carbonyl (C=O) groups is 1. The number of likely N-dealkylation sites (N-methyl/N-ethyl adjacent to an activating group) is 1. The van der Waals surface area contributed by atoms with Gasteiger partial charge in [0.25, 0.3) is 0 Å². The molecule has 1 N–H and O–H groups in total. The largest absolute Gasteiger partial charge is 0.395 e. The van der Waals surface area contributed by atoms with E-state index < -0.39 is 0 Å². The maximum atomic E-state index is 10.5. The van der Waals surface area contributed by atoms with Crippen molar-refractivity contribution in [1.82, 2.24) is 9.80 Å². The molecule has 0 aliphatic carbocycles. The predicted molar refractivity (Wildman–Crippen MR) is 52.5 cm³/mol. The van der Waals surface area contributed by atoms with Crippen molar-refractivity contribution in [3.05, 3.63) is 0 Å². The summed E-state index contributed by atoms with van der Waals surface area (Å²) in [6.45, 7) is 1.98. The van der Waals surface area contributed by atoms with Gasteiger partial charge in [0.05, 0.1) is 6.61 Å². The Morgan fingerprint density at radius 3 is 2.23 bits per heavy atom. The van der Waals surface area contributed by atoms with E-state index in [-0.39, 0.29) is 6.61 Å². The number of aliphatic hydroxyl groups excluding tert-OH is 1. The van der Waals surface area contributed by atoms with Gasteiger partial charge in [-0.25, -0.2) is 0 Å². The number of carbonyl (C=O) groups excluding carboxylic acids is 1. The molecule has 1 amide bonds. The molecule has 1 aliphatic heterocycles. The summed E-state index contributed by atoms with van der Waals surface area (Å²) in [5.74, 6) is 0.292. The molecule has 0 spiro atoms. The fourth-order valence-corrected chi connectivity index (χ4v) is 0.983. The lowest BCUT2D eigenvalue weighted by molar-refractivity contribution is -0.126. The minimum absolute atomic E-state index is 0.257. The molecule has 0 atom stereocenters. The second-order valence-electron chi connectivity index (χ2n) is 3.45. The third-order valence-electron chi connectivity index (χ3n) is 1.86. The summed E-state index contributed by atoms with van der Waals surface area (Å²) in [7, 11) is 5.70. The van der Waals surface area contributed by atoms with E-state index in [1.54, 1.807) is 4.90 Å². The van der Waals surface area contributed by atoms with Crippen molar-refractivity contribution in [2.75, 3.05) is 40.8 Å². The molecule has 1 aliphatic rings. The Morgan fingerprint density at radius 2 is 2.15 bits per heavy atom. The van der Waals surface area contributed by atoms with Crippen LogP contribution >= 0.6 is 0 Å². The predicted octanol–water partition coefficient (Wildman–Crippen LogP) is -0.221. The zero-order chi connectivity index (χ0) is 10.3. The molecule has 0 saturated carbocycles. The summed E-state index contributed by atoms with van der Waals surface area (Å²) >= 11 is 0. The maximum Gasteiger partial charge on any atom is 0.222 e. The van der Waals surface area contributed by atoms with Gasteiger partial charge in [0.15, 0.2) is 0 Å². The Bertz CT molecular complexity index is 149. The van der Waals surface area contributed by atoms with Crippen molar-refractivity contribution in [3.63, 3.8) is 0 Å². The van der Waals surface area contributed by atoms with E-state index in [1.165, 1.54) is 0 Å². The van der Waals surface area contributed by atoms with Gasteiger partial charge in [-0.1, -0.05) is 0 Å². The van der Waals surface area contributed by atoms with Crippen LogP contribution in [0, 0.1) is 0 Å². The minimum Gasteiger partial charge on any atom is -0.395 e. The fraction of sp³-hybridized carbons (Fsp3) is 0.889. The molecule has 0 unspecified atom stereocenters. The summed E-state index contributed by atoms with van der Waals surface area (Å²) < 4.78 is 0. The van der Waals surface area contributed by atoms with Crippen LogP contribution < -0.4 is 0 Å². The zero-order valence-electron chi connectivity index (χ0n) is 8.79. The summed E-state index contributed by atoms with van der Waals surface area (Å²) in [4.78, 5) is 14.2. The zero-order valence-corrected chi connectivity index (χ0v) is 8.79. The average Bonchev–Trinajstić information content (AvgIpc) is 2.37. The second-order valence-corrected chi connectivity index (χ2v) is 3.45. The van der Waals surface area contributed by atoms with Crippen LogP contribution in [-0.4, -0.2) is 61.7 Å². The van der Waals surface area contributed by atoms with Gasteiger partial charge in [0, 0.05) is 26.6 Å². The van der Waals surface area contributed by atoms with E-state index in [2.05, 4.69) is 0 Å². The number of hydrogen-bond donors (Lipinski definition) is 1. The molecular weight excluding hydrogens is 168 g/mol. The molecule has 0 radical (unpaired) electrons. The molecule has 4 heteroatoms. The molecule has 4 nitrogen and oxygen atoms in total. The van der Waals surface area contributed by atoms with Crippen molar-refractivity contribution < 1.29 is 9.90 Å². The quantitative estimate of drug-likeness (QED) is 0.651. The fourth-order valence-electron chi connectivity index (χ4n) is 0.983. The first-order valence-corrected chi connectivity index (χ1v) is 4.57. The normalized spacial score (nSPS) is 16.1. The Balaban J connectivity index is 0.000000226. The van der Waals surface area contributed by atoms with Crippen LogP contribution in [0.15, 0.2) is 0 Å². The van der Waals surface area contributed by atoms with Crippen LogP contribution in [0.5, 0.6) is 0 Å². The Hall–Kier alpha value is -0.610. The van der Waals surface area contributed by atoms with E-state index in [0.29, 0.717) is 5.91 Å². The van der Waals surface area contributed by atoms with Crippen LogP contribution in [-0.2, 0) is 4.79 Å². The lowest BCUT2D eigenvalue weighted by Crippen LogP contribution is -2.17. The Labute approximate surface area is 80.1 Å². The molecule has 1 fully saturated rings. The summed E-state index contributed by atoms with van der Waals surface area (Å²) in [5, 5.41) is 8.20. The molecule has 78 valence electrons. The third-order valence-corrected chi connectivity index (χ3v) is 1.86. The number of likely N-dealkylation sites (tertiary alicyclic amines) is 1. The highest BCUT2D eigenvalue weighted by Gasteiger charge is 2.14. The Morgan fingerprint density at radius 1 is 1.54 bits per heavy atom. The number of amides is 1. The van der Waals surface area contributed by atoms with Gasteiger partial charge in [0.2, 0.25) is 5.91 Å². The first-order chi connectivity index (χ1) is 6.07. The monoisotopic (exact) mass is 188 g/mol. The van der Waals surface area contributed by atoms with Crippen molar-refractivity contribution >= 4 is 5.91 Å². The summed E-state index contributed by atoms with van der Waals surface area (Å²) in [6.07, 6.45) is 1.81. The molecular formula is C9H20N2O2. The molecule has 0 aromatic heterocycles. The second kappa shape index (κ2) is 6.86. The van der Waals surface area contributed by atoms with Gasteiger partial charge in [-0.2, -0.15) is 0 Å². The first kappa shape index (κ1) is 12.4. The highest BCUT2D eigenvalue weighted by molar-refractivity contribution is 5.77. The van der Waals surface area contributed by atoms with Crippen molar-refractivity contribution in [2.24, 2.45) is 0 Å². The number of nitrogens with zero attached hydrogens (tertiary/aromatic N) is 2. The van der Waals surface area contributed by atoms with Crippen LogP contribution in [0.1, 0.15) is 12.8 Å². The lowest BCUT2D eigenvalue weighted by atomic mass is 10.4. The molecule has 0 aromatic carbocycles. The molecule has 13 heavy (non-hydrogen) atoms. The van der Waals surface area contributed by atoms with E-state index >= 15 is 0 Å². The molecule has 1 rings (SSSR count). The third kappa shape index (κ3) is 6.54.